The lowest BCUT2D eigenvalue weighted by Gasteiger charge is -2.17. The number of nitrogens with two attached hydrogens (primary N) is 1. The van der Waals surface area contributed by atoms with Crippen molar-refractivity contribution in [1.82, 2.24) is 5.32 Å². The molecule has 0 aliphatic rings. The molecule has 1 aromatic heterocycles. The van der Waals surface area contributed by atoms with Crippen LogP contribution in [0.3, 0.4) is 0 Å². The van der Waals surface area contributed by atoms with Gasteiger partial charge in [-0.05, 0) is 25.3 Å². The molecule has 4 nitrogen and oxygen atoms in total. The standard InChI is InChI=1S/C9H15N3OS/c1-6(8-4-3-5-14-8)11-7(2)9(10)12-13/h3-7,11,13H,1-2H3,(H2,10,12)/t6-,7?/m0/s1. The second-order valence-corrected chi connectivity index (χ2v) is 4.13. The Morgan fingerprint density at radius 2 is 2.36 bits per heavy atom. The van der Waals surface area contributed by atoms with Crippen molar-refractivity contribution < 1.29 is 5.21 Å². The first-order valence-electron chi connectivity index (χ1n) is 4.42. The highest BCUT2D eigenvalue weighted by Crippen LogP contribution is 2.18. The summed E-state index contributed by atoms with van der Waals surface area (Å²) in [7, 11) is 0. The molecule has 2 atom stereocenters. The number of thiophene rings is 1. The molecule has 0 saturated carbocycles. The number of hydrogen-bond donors (Lipinski definition) is 3. The predicted molar refractivity (Wildman–Crippen MR) is 58.7 cm³/mol. The number of nitrogens with one attached hydrogen (secondary N) is 1. The van der Waals surface area contributed by atoms with E-state index in [1.165, 1.54) is 4.88 Å². The summed E-state index contributed by atoms with van der Waals surface area (Å²) in [5.41, 5.74) is 5.46. The van der Waals surface area contributed by atoms with Crippen LogP contribution in [-0.4, -0.2) is 17.1 Å². The molecule has 0 bridgehead atoms. The zero-order valence-electron chi connectivity index (χ0n) is 8.27. The summed E-state index contributed by atoms with van der Waals surface area (Å²) >= 11 is 1.69. The maximum Gasteiger partial charge on any atom is 0.156 e. The van der Waals surface area contributed by atoms with Crippen LogP contribution in [0.25, 0.3) is 0 Å². The Morgan fingerprint density at radius 3 is 2.86 bits per heavy atom. The number of oxime groups is 1. The highest BCUT2D eigenvalue weighted by molar-refractivity contribution is 7.10. The number of rotatable bonds is 4. The molecule has 1 heterocycles. The molecule has 5 heteroatoms. The van der Waals surface area contributed by atoms with Crippen LogP contribution in [0.1, 0.15) is 24.8 Å². The summed E-state index contributed by atoms with van der Waals surface area (Å²) in [6.45, 7) is 3.91. The first-order valence-corrected chi connectivity index (χ1v) is 5.30. The van der Waals surface area contributed by atoms with Crippen molar-refractivity contribution in [3.63, 3.8) is 0 Å². The molecule has 14 heavy (non-hydrogen) atoms. The van der Waals surface area contributed by atoms with E-state index < -0.39 is 0 Å². The minimum Gasteiger partial charge on any atom is -0.409 e. The topological polar surface area (TPSA) is 70.6 Å². The Balaban J connectivity index is 2.53. The summed E-state index contributed by atoms with van der Waals surface area (Å²) in [6.07, 6.45) is 0. The lowest BCUT2D eigenvalue weighted by atomic mass is 10.2. The Bertz CT molecular complexity index is 297. The van der Waals surface area contributed by atoms with Crippen LogP contribution in [0.2, 0.25) is 0 Å². The van der Waals surface area contributed by atoms with Crippen molar-refractivity contribution in [3.8, 4) is 0 Å². The van der Waals surface area contributed by atoms with Gasteiger partial charge in [-0.15, -0.1) is 11.3 Å². The van der Waals surface area contributed by atoms with Gasteiger partial charge in [0.05, 0.1) is 6.04 Å². The summed E-state index contributed by atoms with van der Waals surface area (Å²) < 4.78 is 0. The van der Waals surface area contributed by atoms with Gasteiger partial charge in [-0.25, -0.2) is 0 Å². The highest BCUT2D eigenvalue weighted by Gasteiger charge is 2.12. The Hall–Kier alpha value is -1.07. The predicted octanol–water partition coefficient (Wildman–Crippen LogP) is 1.53. The largest absolute Gasteiger partial charge is 0.409 e. The van der Waals surface area contributed by atoms with E-state index in [4.69, 9.17) is 10.9 Å². The van der Waals surface area contributed by atoms with E-state index in [-0.39, 0.29) is 17.9 Å². The molecule has 0 amide bonds. The van der Waals surface area contributed by atoms with E-state index in [1.807, 2.05) is 25.3 Å². The third kappa shape index (κ3) is 2.71. The van der Waals surface area contributed by atoms with Gasteiger partial charge in [0, 0.05) is 10.9 Å². The van der Waals surface area contributed by atoms with Gasteiger partial charge in [0.2, 0.25) is 0 Å². The quantitative estimate of drug-likeness (QED) is 0.307. The minimum absolute atomic E-state index is 0.128. The van der Waals surface area contributed by atoms with E-state index >= 15 is 0 Å². The lowest BCUT2D eigenvalue weighted by molar-refractivity contribution is 0.314. The fraction of sp³-hybridized carbons (Fsp3) is 0.444. The van der Waals surface area contributed by atoms with Crippen molar-refractivity contribution >= 4 is 17.2 Å². The smallest absolute Gasteiger partial charge is 0.156 e. The summed E-state index contributed by atoms with van der Waals surface area (Å²) in [6, 6.07) is 4.15. The van der Waals surface area contributed by atoms with Crippen molar-refractivity contribution in [3.05, 3.63) is 22.4 Å². The third-order valence-electron chi connectivity index (χ3n) is 2.03. The third-order valence-corrected chi connectivity index (χ3v) is 3.08. The average Bonchev–Trinajstić information content (AvgIpc) is 2.69. The van der Waals surface area contributed by atoms with E-state index in [0.29, 0.717) is 0 Å². The Kier molecular flexibility index (Phi) is 3.91. The van der Waals surface area contributed by atoms with Gasteiger partial charge < -0.3 is 16.3 Å². The molecule has 0 saturated heterocycles. The van der Waals surface area contributed by atoms with Crippen LogP contribution in [0.5, 0.6) is 0 Å². The zero-order valence-corrected chi connectivity index (χ0v) is 9.08. The molecule has 0 radical (unpaired) electrons. The Labute approximate surface area is 87.4 Å². The molecule has 0 spiro atoms. The zero-order chi connectivity index (χ0) is 10.6. The second kappa shape index (κ2) is 4.97. The summed E-state index contributed by atoms with van der Waals surface area (Å²) in [4.78, 5) is 1.24. The Morgan fingerprint density at radius 1 is 1.64 bits per heavy atom. The van der Waals surface area contributed by atoms with Gasteiger partial charge in [-0.1, -0.05) is 11.2 Å². The minimum atomic E-state index is -0.128. The van der Waals surface area contributed by atoms with Gasteiger partial charge >= 0.3 is 0 Å². The van der Waals surface area contributed by atoms with Crippen molar-refractivity contribution in [1.29, 1.82) is 0 Å². The molecule has 1 aromatic rings. The van der Waals surface area contributed by atoms with Crippen LogP contribution in [0.15, 0.2) is 22.7 Å². The van der Waals surface area contributed by atoms with E-state index in [1.54, 1.807) is 11.3 Å². The summed E-state index contributed by atoms with van der Waals surface area (Å²) in [5, 5.41) is 16.7. The number of hydrogen-bond acceptors (Lipinski definition) is 4. The number of amidine groups is 1. The molecular weight excluding hydrogens is 198 g/mol. The molecule has 0 fully saturated rings. The maximum absolute atomic E-state index is 8.47. The van der Waals surface area contributed by atoms with Crippen molar-refractivity contribution in [2.75, 3.05) is 0 Å². The van der Waals surface area contributed by atoms with Crippen LogP contribution in [0, 0.1) is 0 Å². The normalized spacial score (nSPS) is 16.6. The van der Waals surface area contributed by atoms with E-state index in [9.17, 15) is 0 Å². The molecule has 1 rings (SSSR count). The SMILES string of the molecule is CC(N[C@@H](C)c1cccs1)/C(N)=N/O. The molecular formula is C9H15N3OS. The van der Waals surface area contributed by atoms with Crippen molar-refractivity contribution in [2.45, 2.75) is 25.9 Å². The molecule has 0 aliphatic heterocycles. The van der Waals surface area contributed by atoms with Gasteiger partial charge in [0.15, 0.2) is 5.84 Å². The molecule has 78 valence electrons. The lowest BCUT2D eigenvalue weighted by Crippen LogP contribution is -2.40. The van der Waals surface area contributed by atoms with Crippen LogP contribution in [-0.2, 0) is 0 Å². The second-order valence-electron chi connectivity index (χ2n) is 3.15. The van der Waals surface area contributed by atoms with Gasteiger partial charge in [-0.2, -0.15) is 0 Å². The van der Waals surface area contributed by atoms with Crippen LogP contribution < -0.4 is 11.1 Å². The van der Waals surface area contributed by atoms with Gasteiger partial charge in [0.1, 0.15) is 0 Å². The van der Waals surface area contributed by atoms with Gasteiger partial charge in [0.25, 0.3) is 0 Å². The first-order chi connectivity index (χ1) is 6.65. The van der Waals surface area contributed by atoms with Crippen LogP contribution >= 0.6 is 11.3 Å². The first kappa shape index (κ1) is 11.0. The highest BCUT2D eigenvalue weighted by atomic mass is 32.1. The molecule has 4 N–H and O–H groups in total. The van der Waals surface area contributed by atoms with Gasteiger partial charge in [-0.3, -0.25) is 0 Å². The van der Waals surface area contributed by atoms with Crippen LogP contribution in [0.4, 0.5) is 0 Å². The van der Waals surface area contributed by atoms with E-state index in [0.717, 1.165) is 0 Å². The van der Waals surface area contributed by atoms with Crippen molar-refractivity contribution in [2.24, 2.45) is 10.9 Å². The fourth-order valence-corrected chi connectivity index (χ4v) is 1.91. The average molecular weight is 213 g/mol. The maximum atomic E-state index is 8.47. The molecule has 1 unspecified atom stereocenters. The monoisotopic (exact) mass is 213 g/mol. The number of nitrogens with zero attached hydrogens (tertiary/aromatic N) is 1. The van der Waals surface area contributed by atoms with E-state index in [2.05, 4.69) is 16.5 Å². The fourth-order valence-electron chi connectivity index (χ4n) is 1.17. The summed E-state index contributed by atoms with van der Waals surface area (Å²) in [5.74, 6) is 0.202. The molecule has 0 aromatic carbocycles. The molecule has 0 aliphatic carbocycles.